The van der Waals surface area contributed by atoms with Crippen LogP contribution in [0.15, 0.2) is 26.8 Å². The molecule has 3 amide bonds. The molecule has 2 rings (SSSR count). The molecule has 0 aliphatic carbocycles. The number of nitrogens with one attached hydrogen (secondary N) is 1. The van der Waals surface area contributed by atoms with Crippen LogP contribution in [-0.2, 0) is 9.59 Å². The Hall–Kier alpha value is -1.87. The lowest BCUT2D eigenvalue weighted by Gasteiger charge is -2.09. The highest BCUT2D eigenvalue weighted by molar-refractivity contribution is 9.11. The fourth-order valence-electron chi connectivity index (χ4n) is 1.96. The molecule has 0 atom stereocenters. The number of ether oxygens (including phenoxy) is 1. The Balaban J connectivity index is 2.28. The van der Waals surface area contributed by atoms with Crippen molar-refractivity contribution in [1.82, 2.24) is 10.2 Å². The van der Waals surface area contributed by atoms with E-state index in [-0.39, 0.29) is 12.2 Å². The van der Waals surface area contributed by atoms with E-state index >= 15 is 0 Å². The number of hydrogen-bond donors (Lipinski definition) is 2. The molecule has 1 aliphatic heterocycles. The number of rotatable bonds is 5. The minimum Gasteiger partial charge on any atom is -0.480 e. The summed E-state index contributed by atoms with van der Waals surface area (Å²) < 4.78 is 6.20. The molecule has 1 aliphatic rings. The van der Waals surface area contributed by atoms with E-state index in [0.29, 0.717) is 20.3 Å². The third-order valence-corrected chi connectivity index (χ3v) is 4.13. The number of amides is 3. The van der Waals surface area contributed by atoms with Gasteiger partial charge in [-0.2, -0.15) is 0 Å². The second-order valence-corrected chi connectivity index (χ2v) is 6.24. The van der Waals surface area contributed by atoms with Gasteiger partial charge in [-0.1, -0.05) is 0 Å². The van der Waals surface area contributed by atoms with Crippen molar-refractivity contribution in [2.75, 3.05) is 13.2 Å². The van der Waals surface area contributed by atoms with Crippen molar-refractivity contribution in [2.45, 2.75) is 6.92 Å². The van der Waals surface area contributed by atoms with Crippen LogP contribution in [0.4, 0.5) is 4.79 Å². The van der Waals surface area contributed by atoms with Crippen LogP contribution in [0.2, 0.25) is 0 Å². The zero-order chi connectivity index (χ0) is 17.1. The SMILES string of the molecule is CCN1C(=O)N/C(=C/c2cc(Br)c(OCC(=O)O)c(Br)c2)C1=O. The number of carbonyl (C=O) groups is 3. The molecule has 7 nitrogen and oxygen atoms in total. The Morgan fingerprint density at radius 2 is 1.96 bits per heavy atom. The topological polar surface area (TPSA) is 95.9 Å². The van der Waals surface area contributed by atoms with E-state index in [1.54, 1.807) is 19.1 Å². The van der Waals surface area contributed by atoms with E-state index in [1.165, 1.54) is 6.08 Å². The largest absolute Gasteiger partial charge is 0.480 e. The van der Waals surface area contributed by atoms with E-state index < -0.39 is 24.5 Å². The molecule has 1 aromatic rings. The Bertz CT molecular complexity index is 694. The van der Waals surface area contributed by atoms with Crippen molar-refractivity contribution in [2.24, 2.45) is 0 Å². The maximum absolute atomic E-state index is 12.0. The average Bonchev–Trinajstić information content (AvgIpc) is 2.71. The molecular weight excluding hydrogens is 436 g/mol. The lowest BCUT2D eigenvalue weighted by molar-refractivity contribution is -0.139. The molecule has 23 heavy (non-hydrogen) atoms. The van der Waals surface area contributed by atoms with E-state index in [2.05, 4.69) is 37.2 Å². The molecule has 0 unspecified atom stereocenters. The second kappa shape index (κ2) is 7.14. The smallest absolute Gasteiger partial charge is 0.341 e. The highest BCUT2D eigenvalue weighted by Gasteiger charge is 2.32. The van der Waals surface area contributed by atoms with Crippen molar-refractivity contribution < 1.29 is 24.2 Å². The van der Waals surface area contributed by atoms with Gasteiger partial charge in [-0.25, -0.2) is 9.59 Å². The number of imide groups is 1. The van der Waals surface area contributed by atoms with Gasteiger partial charge in [0, 0.05) is 6.54 Å². The van der Waals surface area contributed by atoms with Crippen LogP contribution in [0.3, 0.4) is 0 Å². The van der Waals surface area contributed by atoms with Crippen LogP contribution < -0.4 is 10.1 Å². The van der Waals surface area contributed by atoms with Gasteiger partial charge in [-0.15, -0.1) is 0 Å². The highest BCUT2D eigenvalue weighted by atomic mass is 79.9. The number of urea groups is 1. The fourth-order valence-corrected chi connectivity index (χ4v) is 3.41. The summed E-state index contributed by atoms with van der Waals surface area (Å²) in [5.41, 5.74) is 0.808. The summed E-state index contributed by atoms with van der Waals surface area (Å²) in [4.78, 5) is 35.3. The maximum Gasteiger partial charge on any atom is 0.341 e. The lowest BCUT2D eigenvalue weighted by atomic mass is 10.2. The van der Waals surface area contributed by atoms with Gasteiger partial charge in [-0.05, 0) is 62.6 Å². The minimum atomic E-state index is -1.09. The van der Waals surface area contributed by atoms with Gasteiger partial charge in [-0.3, -0.25) is 9.69 Å². The molecule has 1 fully saturated rings. The molecule has 1 aromatic carbocycles. The number of carboxylic acid groups (broad SMARTS) is 1. The summed E-state index contributed by atoms with van der Waals surface area (Å²) in [6.07, 6.45) is 1.53. The summed E-state index contributed by atoms with van der Waals surface area (Å²) in [6, 6.07) is 2.86. The highest BCUT2D eigenvalue weighted by Crippen LogP contribution is 2.35. The molecule has 1 saturated heterocycles. The standard InChI is InChI=1S/C14H12Br2N2O5/c1-2-18-13(21)10(17-14(18)22)5-7-3-8(15)12(9(16)4-7)23-6-11(19)20/h3-5H,2,6H2,1H3,(H,17,22)(H,19,20)/b10-5+. The molecule has 9 heteroatoms. The van der Waals surface area contributed by atoms with E-state index in [0.717, 1.165) is 4.90 Å². The molecule has 2 N–H and O–H groups in total. The molecule has 122 valence electrons. The number of aliphatic carboxylic acids is 1. The van der Waals surface area contributed by atoms with Crippen LogP contribution in [0, 0.1) is 0 Å². The zero-order valence-corrected chi connectivity index (χ0v) is 15.1. The number of likely N-dealkylation sites (N-methyl/N-ethyl adjacent to an activating group) is 1. The number of carbonyl (C=O) groups excluding carboxylic acids is 2. The van der Waals surface area contributed by atoms with Gasteiger partial charge in [0.1, 0.15) is 11.4 Å². The molecule has 0 saturated carbocycles. The van der Waals surface area contributed by atoms with Crippen LogP contribution in [0.25, 0.3) is 6.08 Å². The van der Waals surface area contributed by atoms with Crippen molar-refractivity contribution in [3.05, 3.63) is 32.3 Å². The van der Waals surface area contributed by atoms with E-state index in [1.807, 2.05) is 0 Å². The van der Waals surface area contributed by atoms with E-state index in [4.69, 9.17) is 9.84 Å². The maximum atomic E-state index is 12.0. The molecular formula is C14H12Br2N2O5. The third kappa shape index (κ3) is 3.91. The van der Waals surface area contributed by atoms with Crippen LogP contribution >= 0.6 is 31.9 Å². The molecule has 0 aromatic heterocycles. The quantitative estimate of drug-likeness (QED) is 0.534. The number of benzene rings is 1. The minimum absolute atomic E-state index is 0.176. The number of halogens is 2. The molecule has 0 radical (unpaired) electrons. The Morgan fingerprint density at radius 1 is 1.35 bits per heavy atom. The summed E-state index contributed by atoms with van der Waals surface area (Å²) in [6.45, 7) is 1.52. The molecule has 0 spiro atoms. The van der Waals surface area contributed by atoms with Crippen molar-refractivity contribution in [1.29, 1.82) is 0 Å². The Morgan fingerprint density at radius 3 is 2.43 bits per heavy atom. The number of nitrogens with zero attached hydrogens (tertiary/aromatic N) is 1. The number of carboxylic acids is 1. The van der Waals surface area contributed by atoms with Gasteiger partial charge in [0.15, 0.2) is 6.61 Å². The molecule has 1 heterocycles. The summed E-state index contributed by atoms with van der Waals surface area (Å²) in [5.74, 6) is -1.14. The van der Waals surface area contributed by atoms with Gasteiger partial charge in [0.05, 0.1) is 8.95 Å². The second-order valence-electron chi connectivity index (χ2n) is 4.53. The van der Waals surface area contributed by atoms with Crippen LogP contribution in [-0.4, -0.2) is 41.1 Å². The van der Waals surface area contributed by atoms with Gasteiger partial charge >= 0.3 is 12.0 Å². The molecule has 0 bridgehead atoms. The normalized spacial score (nSPS) is 16.0. The fraction of sp³-hybridized carbons (Fsp3) is 0.214. The third-order valence-electron chi connectivity index (χ3n) is 2.95. The van der Waals surface area contributed by atoms with Gasteiger partial charge in [0.2, 0.25) is 0 Å². The van der Waals surface area contributed by atoms with Crippen molar-refractivity contribution >= 4 is 55.8 Å². The zero-order valence-electron chi connectivity index (χ0n) is 11.9. The van der Waals surface area contributed by atoms with Gasteiger partial charge in [0.25, 0.3) is 5.91 Å². The van der Waals surface area contributed by atoms with E-state index in [9.17, 15) is 14.4 Å². The van der Waals surface area contributed by atoms with Crippen LogP contribution in [0.1, 0.15) is 12.5 Å². The summed E-state index contributed by atoms with van der Waals surface area (Å²) in [5, 5.41) is 11.2. The van der Waals surface area contributed by atoms with Crippen molar-refractivity contribution in [3.63, 3.8) is 0 Å². The predicted molar refractivity (Wildman–Crippen MR) is 88.9 cm³/mol. The first-order valence-electron chi connectivity index (χ1n) is 6.51. The Kier molecular flexibility index (Phi) is 5.42. The summed E-state index contributed by atoms with van der Waals surface area (Å²) >= 11 is 6.58. The predicted octanol–water partition coefficient (Wildman–Crippen LogP) is 2.59. The number of hydrogen-bond acceptors (Lipinski definition) is 4. The first-order chi connectivity index (χ1) is 10.8. The lowest BCUT2D eigenvalue weighted by Crippen LogP contribution is -2.30. The van der Waals surface area contributed by atoms with Crippen molar-refractivity contribution in [3.8, 4) is 5.75 Å². The first-order valence-corrected chi connectivity index (χ1v) is 8.10. The van der Waals surface area contributed by atoms with Gasteiger partial charge < -0.3 is 15.2 Å². The van der Waals surface area contributed by atoms with Crippen LogP contribution in [0.5, 0.6) is 5.75 Å². The average molecular weight is 448 g/mol. The Labute approximate surface area is 148 Å². The first kappa shape index (κ1) is 17.5. The monoisotopic (exact) mass is 446 g/mol. The summed E-state index contributed by atoms with van der Waals surface area (Å²) in [7, 11) is 0.